The van der Waals surface area contributed by atoms with Crippen LogP contribution in [0.25, 0.3) is 0 Å². The highest BCUT2D eigenvalue weighted by Gasteiger charge is 2.22. The van der Waals surface area contributed by atoms with Gasteiger partial charge < -0.3 is 5.11 Å². The Labute approximate surface area is 129 Å². The number of benzene rings is 3. The third-order valence-electron chi connectivity index (χ3n) is 4.34. The number of nitrogens with zero attached hydrogens (tertiary/aromatic N) is 3. The predicted octanol–water partition coefficient (Wildman–Crippen LogP) is 2.37. The zero-order valence-electron chi connectivity index (χ0n) is 11.9. The average Bonchev–Trinajstić information content (AvgIpc) is 3.14. The van der Waals surface area contributed by atoms with Crippen LogP contribution in [-0.2, 0) is 0 Å². The summed E-state index contributed by atoms with van der Waals surface area (Å²) in [5.41, 5.74) is 1.58. The monoisotopic (exact) mass is 295 g/mol. The molecule has 5 rings (SSSR count). The molecule has 1 N–H and O–H groups in total. The third-order valence-corrected chi connectivity index (χ3v) is 4.34. The summed E-state index contributed by atoms with van der Waals surface area (Å²) in [5.74, 6) is -0.0122. The van der Waals surface area contributed by atoms with Crippen LogP contribution in [0.1, 0.15) is 5.56 Å². The number of aromatic hydroxyl groups is 1. The lowest BCUT2D eigenvalue weighted by Gasteiger charge is -2.03. The van der Waals surface area contributed by atoms with Gasteiger partial charge in [-0.2, -0.15) is 5.26 Å². The summed E-state index contributed by atoms with van der Waals surface area (Å²) in [6.45, 7) is 0. The maximum absolute atomic E-state index is 10.7. The lowest BCUT2D eigenvalue weighted by Crippen LogP contribution is -1.98. The van der Waals surface area contributed by atoms with E-state index in [1.165, 1.54) is 0 Å². The summed E-state index contributed by atoms with van der Waals surface area (Å²) >= 11 is 0. The summed E-state index contributed by atoms with van der Waals surface area (Å²) in [4.78, 5) is 9.31. The van der Waals surface area contributed by atoms with Crippen LogP contribution in [0, 0.1) is 32.2 Å². The van der Waals surface area contributed by atoms with Gasteiger partial charge in [-0.15, -0.1) is 0 Å². The molecule has 0 saturated heterocycles. The summed E-state index contributed by atoms with van der Waals surface area (Å²) in [6, 6.07) is 17.4. The van der Waals surface area contributed by atoms with Crippen molar-refractivity contribution in [3.05, 3.63) is 85.7 Å². The molecule has 3 aromatic rings. The molecule has 106 valence electrons. The zero-order valence-corrected chi connectivity index (χ0v) is 11.9. The maximum atomic E-state index is 10.7. The Balaban J connectivity index is 2.21. The van der Waals surface area contributed by atoms with E-state index in [1.807, 2.05) is 48.5 Å². The Morgan fingerprint density at radius 2 is 1.30 bits per heavy atom. The van der Waals surface area contributed by atoms with Gasteiger partial charge in [0.2, 0.25) is 0 Å². The molecule has 0 spiro atoms. The molecule has 2 aliphatic rings. The van der Waals surface area contributed by atoms with Crippen molar-refractivity contribution < 1.29 is 5.11 Å². The standard InChI is InChI=1S/C19H9N3O/c20-9-12-15-10-5-1-3-7-13(10)21-17(15)18-16(19(12)23)11-6-2-4-8-14(11)22-18/h1-8,23H. The Hall–Kier alpha value is -3.45. The second-order valence-corrected chi connectivity index (χ2v) is 5.54. The molecular weight excluding hydrogens is 286 g/mol. The second-order valence-electron chi connectivity index (χ2n) is 5.54. The predicted molar refractivity (Wildman–Crippen MR) is 82.7 cm³/mol. The van der Waals surface area contributed by atoms with Crippen molar-refractivity contribution >= 4 is 11.4 Å². The van der Waals surface area contributed by atoms with Gasteiger partial charge in [-0.05, 0) is 12.1 Å². The highest BCUT2D eigenvalue weighted by molar-refractivity contribution is 5.73. The second kappa shape index (κ2) is 4.05. The quantitative estimate of drug-likeness (QED) is 0.476. The van der Waals surface area contributed by atoms with Gasteiger partial charge in [0.25, 0.3) is 0 Å². The minimum absolute atomic E-state index is 0.0122. The smallest absolute Gasteiger partial charge is 0.144 e. The van der Waals surface area contributed by atoms with Gasteiger partial charge in [-0.1, -0.05) is 36.4 Å². The molecule has 3 aromatic carbocycles. The normalized spacial score (nSPS) is 12.3. The maximum Gasteiger partial charge on any atom is 0.144 e. The van der Waals surface area contributed by atoms with Crippen LogP contribution in [0.2, 0.25) is 0 Å². The topological polar surface area (TPSA) is 68.7 Å². The number of phenolic OH excluding ortho intramolecular Hbond substituents is 1. The Bertz CT molecular complexity index is 1380. The van der Waals surface area contributed by atoms with Crippen molar-refractivity contribution in [2.45, 2.75) is 0 Å². The molecule has 0 atom stereocenters. The molecule has 0 aromatic heterocycles. The number of phenols is 1. The number of hydrogen-bond donors (Lipinski definition) is 1. The van der Waals surface area contributed by atoms with Gasteiger partial charge in [0.1, 0.15) is 23.1 Å². The third kappa shape index (κ3) is 1.39. The van der Waals surface area contributed by atoms with Crippen LogP contribution < -0.4 is 10.7 Å². The summed E-state index contributed by atoms with van der Waals surface area (Å²) in [6.07, 6.45) is 0. The molecule has 0 aliphatic carbocycles. The minimum atomic E-state index is -0.0122. The lowest BCUT2D eigenvalue weighted by atomic mass is 10.0. The molecule has 0 fully saturated rings. The van der Waals surface area contributed by atoms with Crippen LogP contribution in [0.5, 0.6) is 5.75 Å². The number of para-hydroxylation sites is 2. The largest absolute Gasteiger partial charge is 0.506 e. The van der Waals surface area contributed by atoms with Gasteiger partial charge in [0.15, 0.2) is 0 Å². The van der Waals surface area contributed by atoms with E-state index in [0.717, 1.165) is 21.2 Å². The Morgan fingerprint density at radius 3 is 1.91 bits per heavy atom. The molecule has 23 heavy (non-hydrogen) atoms. The van der Waals surface area contributed by atoms with E-state index in [2.05, 4.69) is 16.1 Å². The van der Waals surface area contributed by atoms with Gasteiger partial charge in [-0.3, -0.25) is 0 Å². The first-order chi connectivity index (χ1) is 11.3. The van der Waals surface area contributed by atoms with Crippen molar-refractivity contribution in [1.29, 1.82) is 5.26 Å². The fraction of sp³-hybridized carbons (Fsp3) is 0. The highest BCUT2D eigenvalue weighted by Crippen LogP contribution is 2.40. The molecule has 0 amide bonds. The first-order valence-corrected chi connectivity index (χ1v) is 7.25. The number of hydrogen-bond acceptors (Lipinski definition) is 4. The number of rotatable bonds is 0. The molecule has 4 heteroatoms. The average molecular weight is 295 g/mol. The van der Waals surface area contributed by atoms with Crippen LogP contribution in [0.15, 0.2) is 58.5 Å². The van der Waals surface area contributed by atoms with E-state index in [-0.39, 0.29) is 11.3 Å². The van der Waals surface area contributed by atoms with E-state index in [1.54, 1.807) is 0 Å². The molecular formula is C19H9N3O. The molecule has 4 nitrogen and oxygen atoms in total. The number of nitriles is 1. The first kappa shape index (κ1) is 12.1. The van der Waals surface area contributed by atoms with Gasteiger partial charge in [0, 0.05) is 15.7 Å². The fourth-order valence-corrected chi connectivity index (χ4v) is 3.36. The van der Waals surface area contributed by atoms with E-state index in [9.17, 15) is 10.4 Å². The molecule has 0 radical (unpaired) electrons. The van der Waals surface area contributed by atoms with Gasteiger partial charge in [-0.25, -0.2) is 9.98 Å². The first-order valence-electron chi connectivity index (χ1n) is 7.25. The molecule has 2 aliphatic heterocycles. The summed E-state index contributed by atoms with van der Waals surface area (Å²) < 4.78 is 0. The van der Waals surface area contributed by atoms with Crippen molar-refractivity contribution in [1.82, 2.24) is 0 Å². The van der Waals surface area contributed by atoms with Crippen molar-refractivity contribution in [2.75, 3.05) is 0 Å². The molecule has 2 heterocycles. The summed E-state index contributed by atoms with van der Waals surface area (Å²) in [5, 5.41) is 24.9. The zero-order chi connectivity index (χ0) is 15.6. The Morgan fingerprint density at radius 1 is 0.783 bits per heavy atom. The fourth-order valence-electron chi connectivity index (χ4n) is 3.36. The minimum Gasteiger partial charge on any atom is -0.506 e. The van der Waals surface area contributed by atoms with E-state index < -0.39 is 0 Å². The molecule has 0 unspecified atom stereocenters. The van der Waals surface area contributed by atoms with Gasteiger partial charge in [0.05, 0.1) is 21.6 Å². The van der Waals surface area contributed by atoms with E-state index >= 15 is 0 Å². The van der Waals surface area contributed by atoms with Crippen molar-refractivity contribution in [3.8, 4) is 11.8 Å². The van der Waals surface area contributed by atoms with Crippen molar-refractivity contribution in [3.63, 3.8) is 0 Å². The van der Waals surface area contributed by atoms with Gasteiger partial charge >= 0.3 is 0 Å². The SMILES string of the molecule is N#Cc1c(O)c2c(c3c1=c1ccccc1=N3)N=c1ccccc1=2. The highest BCUT2D eigenvalue weighted by atomic mass is 16.3. The lowest BCUT2D eigenvalue weighted by molar-refractivity contribution is 0.470. The number of fused-ring (bicyclic) bond motifs is 5. The van der Waals surface area contributed by atoms with E-state index in [4.69, 9.17) is 0 Å². The molecule has 0 bridgehead atoms. The summed E-state index contributed by atoms with van der Waals surface area (Å²) in [7, 11) is 0. The van der Waals surface area contributed by atoms with Crippen LogP contribution in [-0.4, -0.2) is 5.11 Å². The van der Waals surface area contributed by atoms with E-state index in [0.29, 0.717) is 21.8 Å². The van der Waals surface area contributed by atoms with Crippen LogP contribution in [0.4, 0.5) is 11.4 Å². The van der Waals surface area contributed by atoms with Crippen LogP contribution >= 0.6 is 0 Å². The van der Waals surface area contributed by atoms with Crippen LogP contribution in [0.3, 0.4) is 0 Å². The van der Waals surface area contributed by atoms with Crippen molar-refractivity contribution in [2.24, 2.45) is 9.98 Å². The molecule has 0 saturated carbocycles. The Kier molecular flexibility index (Phi) is 2.14.